The zero-order chi connectivity index (χ0) is 23.4. The van der Waals surface area contributed by atoms with Gasteiger partial charge in [0, 0.05) is 22.9 Å². The van der Waals surface area contributed by atoms with Gasteiger partial charge in [0.1, 0.15) is 11.4 Å². The van der Waals surface area contributed by atoms with Crippen molar-refractivity contribution in [3.63, 3.8) is 0 Å². The van der Waals surface area contributed by atoms with Crippen molar-refractivity contribution < 1.29 is 9.53 Å². The van der Waals surface area contributed by atoms with E-state index >= 15 is 0 Å². The first-order valence-corrected chi connectivity index (χ1v) is 10.5. The zero-order valence-corrected chi connectivity index (χ0v) is 18.6. The second-order valence-electron chi connectivity index (χ2n) is 7.44. The molecule has 1 heterocycles. The van der Waals surface area contributed by atoms with Crippen molar-refractivity contribution in [3.8, 4) is 23.1 Å². The Kier molecular flexibility index (Phi) is 6.38. The number of nitrogens with one attached hydrogen (secondary N) is 1. The van der Waals surface area contributed by atoms with Crippen LogP contribution in [0.1, 0.15) is 16.7 Å². The molecule has 1 aromatic heterocycles. The molecule has 7 nitrogen and oxygen atoms in total. The van der Waals surface area contributed by atoms with E-state index < -0.39 is 5.91 Å². The van der Waals surface area contributed by atoms with Crippen LogP contribution in [0.15, 0.2) is 60.7 Å². The van der Waals surface area contributed by atoms with Gasteiger partial charge in [-0.15, -0.1) is 10.2 Å². The first kappa shape index (κ1) is 22.1. The quantitative estimate of drug-likeness (QED) is 0.423. The number of ether oxygens (including phenoxy) is 1. The smallest absolute Gasteiger partial charge is 0.221 e. The topological polar surface area (TPSA) is 114 Å². The fourth-order valence-corrected chi connectivity index (χ4v) is 3.88. The summed E-state index contributed by atoms with van der Waals surface area (Å²) in [6.45, 7) is 0.456. The maximum Gasteiger partial charge on any atom is 0.221 e. The van der Waals surface area contributed by atoms with E-state index in [-0.39, 0.29) is 6.42 Å². The average molecular weight is 458 g/mol. The Hall–Kier alpha value is -4.15. The number of amides is 1. The summed E-state index contributed by atoms with van der Waals surface area (Å²) >= 11 is 6.23. The van der Waals surface area contributed by atoms with Crippen LogP contribution >= 0.6 is 11.6 Å². The van der Waals surface area contributed by atoms with E-state index in [1.807, 2.05) is 42.5 Å². The fraction of sp³-hybridized carbons (Fsp3) is 0.120. The monoisotopic (exact) mass is 457 g/mol. The number of carbonyl (C=O) groups excluding carboxylic acids is 1. The molecule has 0 aliphatic heterocycles. The van der Waals surface area contributed by atoms with Crippen LogP contribution in [0.5, 0.6) is 5.75 Å². The predicted molar refractivity (Wildman–Crippen MR) is 128 cm³/mol. The predicted octanol–water partition coefficient (Wildman–Crippen LogP) is 4.47. The lowest BCUT2D eigenvalue weighted by Crippen LogP contribution is -2.13. The lowest BCUT2D eigenvalue weighted by Gasteiger charge is -2.13. The van der Waals surface area contributed by atoms with Crippen LogP contribution in [-0.4, -0.2) is 23.2 Å². The minimum absolute atomic E-state index is 0.141. The number of anilines is 1. The summed E-state index contributed by atoms with van der Waals surface area (Å²) in [6.07, 6.45) is 0.141. The molecule has 1 amide bonds. The molecule has 0 fully saturated rings. The van der Waals surface area contributed by atoms with Gasteiger partial charge < -0.3 is 15.8 Å². The molecule has 8 heteroatoms. The zero-order valence-electron chi connectivity index (χ0n) is 17.8. The van der Waals surface area contributed by atoms with Gasteiger partial charge in [-0.3, -0.25) is 4.79 Å². The number of primary amides is 1. The molecule has 4 aromatic rings. The molecule has 0 spiro atoms. The van der Waals surface area contributed by atoms with Gasteiger partial charge in [0.25, 0.3) is 0 Å². The van der Waals surface area contributed by atoms with E-state index in [0.29, 0.717) is 34.4 Å². The molecule has 164 valence electrons. The van der Waals surface area contributed by atoms with Gasteiger partial charge in [0.15, 0.2) is 5.82 Å². The highest BCUT2D eigenvalue weighted by Crippen LogP contribution is 2.32. The molecular formula is C25H20ClN5O2. The number of methoxy groups -OCH3 is 1. The SMILES string of the molecule is COc1ccc(CNc2nnc(-c3cccc(CC(N)=O)c3)c3ccc(C#N)cc23)cc1Cl. The first-order valence-electron chi connectivity index (χ1n) is 10.1. The lowest BCUT2D eigenvalue weighted by atomic mass is 10.0. The first-order chi connectivity index (χ1) is 16.0. The van der Waals surface area contributed by atoms with Gasteiger partial charge in [0.05, 0.1) is 30.2 Å². The van der Waals surface area contributed by atoms with Gasteiger partial charge in [-0.05, 0) is 41.5 Å². The molecule has 3 aromatic carbocycles. The highest BCUT2D eigenvalue weighted by molar-refractivity contribution is 6.32. The minimum atomic E-state index is -0.403. The number of halogens is 1. The van der Waals surface area contributed by atoms with Crippen molar-refractivity contribution in [2.45, 2.75) is 13.0 Å². The largest absolute Gasteiger partial charge is 0.495 e. The second kappa shape index (κ2) is 9.55. The van der Waals surface area contributed by atoms with E-state index in [4.69, 9.17) is 22.1 Å². The number of nitrogens with two attached hydrogens (primary N) is 1. The highest BCUT2D eigenvalue weighted by atomic mass is 35.5. The molecule has 0 bridgehead atoms. The Morgan fingerprint density at radius 3 is 2.67 bits per heavy atom. The molecule has 0 aliphatic carbocycles. The summed E-state index contributed by atoms with van der Waals surface area (Å²) in [5.41, 5.74) is 9.05. The van der Waals surface area contributed by atoms with E-state index in [1.54, 1.807) is 25.3 Å². The third kappa shape index (κ3) is 4.86. The van der Waals surface area contributed by atoms with Gasteiger partial charge >= 0.3 is 0 Å². The minimum Gasteiger partial charge on any atom is -0.495 e. The van der Waals surface area contributed by atoms with Crippen LogP contribution in [0.3, 0.4) is 0 Å². The molecule has 0 saturated carbocycles. The Bertz CT molecular complexity index is 1400. The van der Waals surface area contributed by atoms with Crippen molar-refractivity contribution in [2.75, 3.05) is 12.4 Å². The van der Waals surface area contributed by atoms with E-state index in [2.05, 4.69) is 21.6 Å². The highest BCUT2D eigenvalue weighted by Gasteiger charge is 2.13. The van der Waals surface area contributed by atoms with Crippen LogP contribution in [0.4, 0.5) is 5.82 Å². The van der Waals surface area contributed by atoms with Crippen LogP contribution in [0.2, 0.25) is 5.02 Å². The Morgan fingerprint density at radius 1 is 1.09 bits per heavy atom. The Morgan fingerprint density at radius 2 is 1.94 bits per heavy atom. The fourth-order valence-electron chi connectivity index (χ4n) is 3.60. The Labute approximate surface area is 195 Å². The normalized spacial score (nSPS) is 10.6. The number of nitrogens with zero attached hydrogens (tertiary/aromatic N) is 3. The standard InChI is InChI=1S/C25H20ClN5O2/c1-33-22-8-6-17(11-21(22)26)14-29-25-20-10-16(13-27)5-7-19(20)24(30-31-25)18-4-2-3-15(9-18)12-23(28)32/h2-11H,12,14H2,1H3,(H2,28,32)(H,29,31). The third-order valence-electron chi connectivity index (χ3n) is 5.16. The number of fused-ring (bicyclic) bond motifs is 1. The summed E-state index contributed by atoms with van der Waals surface area (Å²) in [5, 5.41) is 23.7. The molecule has 0 unspecified atom stereocenters. The summed E-state index contributed by atoms with van der Waals surface area (Å²) in [7, 11) is 1.57. The number of aromatic nitrogens is 2. The number of nitriles is 1. The van der Waals surface area contributed by atoms with Crippen LogP contribution in [-0.2, 0) is 17.8 Å². The van der Waals surface area contributed by atoms with E-state index in [0.717, 1.165) is 27.5 Å². The lowest BCUT2D eigenvalue weighted by molar-refractivity contribution is -0.117. The van der Waals surface area contributed by atoms with Crippen LogP contribution in [0.25, 0.3) is 22.0 Å². The number of benzene rings is 3. The molecule has 3 N–H and O–H groups in total. The summed E-state index contributed by atoms with van der Waals surface area (Å²) in [4.78, 5) is 11.3. The van der Waals surface area contributed by atoms with Gasteiger partial charge in [-0.2, -0.15) is 5.26 Å². The molecule has 0 atom stereocenters. The summed E-state index contributed by atoms with van der Waals surface area (Å²) in [5.74, 6) is 0.748. The van der Waals surface area contributed by atoms with Crippen molar-refractivity contribution >= 4 is 34.1 Å². The average Bonchev–Trinajstić information content (AvgIpc) is 2.82. The number of rotatable bonds is 7. The molecule has 33 heavy (non-hydrogen) atoms. The molecule has 4 rings (SSSR count). The second-order valence-corrected chi connectivity index (χ2v) is 7.84. The maximum atomic E-state index is 11.3. The molecule has 0 aliphatic rings. The van der Waals surface area contributed by atoms with E-state index in [9.17, 15) is 10.1 Å². The maximum absolute atomic E-state index is 11.3. The van der Waals surface area contributed by atoms with Gasteiger partial charge in [-0.1, -0.05) is 41.9 Å². The van der Waals surface area contributed by atoms with Crippen LogP contribution < -0.4 is 15.8 Å². The summed E-state index contributed by atoms with van der Waals surface area (Å²) in [6, 6.07) is 20.6. The molecule has 0 radical (unpaired) electrons. The third-order valence-corrected chi connectivity index (χ3v) is 5.46. The van der Waals surface area contributed by atoms with Gasteiger partial charge in [-0.25, -0.2) is 0 Å². The van der Waals surface area contributed by atoms with Gasteiger partial charge in [0.2, 0.25) is 5.91 Å². The number of hydrogen-bond acceptors (Lipinski definition) is 6. The molecular weight excluding hydrogens is 438 g/mol. The number of hydrogen-bond donors (Lipinski definition) is 2. The van der Waals surface area contributed by atoms with Crippen molar-refractivity contribution in [2.24, 2.45) is 5.73 Å². The number of carbonyl (C=O) groups is 1. The summed E-state index contributed by atoms with van der Waals surface area (Å²) < 4.78 is 5.20. The molecule has 0 saturated heterocycles. The van der Waals surface area contributed by atoms with Crippen molar-refractivity contribution in [1.82, 2.24) is 10.2 Å². The van der Waals surface area contributed by atoms with Crippen LogP contribution in [0, 0.1) is 11.3 Å². The van der Waals surface area contributed by atoms with Crippen molar-refractivity contribution in [1.29, 1.82) is 5.26 Å². The van der Waals surface area contributed by atoms with Crippen molar-refractivity contribution in [3.05, 3.63) is 82.4 Å². The Balaban J connectivity index is 1.73. The van der Waals surface area contributed by atoms with E-state index in [1.165, 1.54) is 0 Å².